The van der Waals surface area contributed by atoms with Crippen molar-refractivity contribution in [3.8, 4) is 11.1 Å². The molecule has 0 fully saturated rings. The molecule has 1 heteroatoms. The Labute approximate surface area is 216 Å². The van der Waals surface area contributed by atoms with Crippen molar-refractivity contribution < 1.29 is 18.3 Å². The number of rotatable bonds is 4. The maximum absolute atomic E-state index is 4.14. The van der Waals surface area contributed by atoms with Crippen LogP contribution in [-0.2, 0) is 24.7 Å². The van der Waals surface area contributed by atoms with Crippen LogP contribution in [0.4, 0.5) is 0 Å². The first kappa shape index (κ1) is 23.5. The summed E-state index contributed by atoms with van der Waals surface area (Å²) in [4.78, 5) is 0. The predicted octanol–water partition coefficient (Wildman–Crippen LogP) is 8.56. The normalized spacial score (nSPS) is 15.0. The Hall–Kier alpha value is -2.89. The van der Waals surface area contributed by atoms with Gasteiger partial charge in [0.25, 0.3) is 0 Å². The Balaban J connectivity index is 1.80. The van der Waals surface area contributed by atoms with E-state index >= 15 is 0 Å². The molecule has 0 amide bonds. The van der Waals surface area contributed by atoms with Gasteiger partial charge in [0.05, 0.1) is 0 Å². The van der Waals surface area contributed by atoms with Crippen LogP contribution < -0.4 is 3.27 Å². The molecular weight excluding hydrogens is 512 g/mol. The van der Waals surface area contributed by atoms with Gasteiger partial charge in [-0.1, -0.05) is 0 Å². The molecule has 0 bridgehead atoms. The molecule has 0 nitrogen and oxygen atoms in total. The van der Waals surface area contributed by atoms with Crippen molar-refractivity contribution in [2.45, 2.75) is 36.0 Å². The molecule has 0 saturated heterocycles. The Bertz CT molecular complexity index is 1580. The van der Waals surface area contributed by atoms with Gasteiger partial charge in [-0.3, -0.25) is 0 Å². The summed E-state index contributed by atoms with van der Waals surface area (Å²) in [6.45, 7) is 4.62. The molecule has 0 atom stereocenters. The SMILES string of the molecule is CC1=C(C)C[C]([Zr]([CH3])([CH3])(=[C](c2ccccc2)c2ccccc2)[c]2cccc3c2Cc2ccccc2-3)=C1. The van der Waals surface area contributed by atoms with Crippen LogP contribution >= 0.6 is 0 Å². The molecule has 6 rings (SSSR count). The van der Waals surface area contributed by atoms with Crippen LogP contribution in [0.25, 0.3) is 11.1 Å². The van der Waals surface area contributed by atoms with Gasteiger partial charge in [-0.2, -0.15) is 0 Å². The zero-order valence-corrected chi connectivity index (χ0v) is 24.3. The second-order valence-corrected chi connectivity index (χ2v) is 27.3. The molecule has 0 spiro atoms. The first-order chi connectivity index (χ1) is 17.4. The van der Waals surface area contributed by atoms with Crippen LogP contribution in [0.3, 0.4) is 0 Å². The minimum absolute atomic E-state index is 1.03. The molecule has 178 valence electrons. The zero-order chi connectivity index (χ0) is 24.9. The van der Waals surface area contributed by atoms with Gasteiger partial charge in [0.15, 0.2) is 0 Å². The van der Waals surface area contributed by atoms with E-state index in [1.807, 2.05) is 0 Å². The van der Waals surface area contributed by atoms with Crippen LogP contribution in [0, 0.1) is 0 Å². The van der Waals surface area contributed by atoms with Crippen molar-refractivity contribution in [3.05, 3.63) is 146 Å². The van der Waals surface area contributed by atoms with E-state index in [-0.39, 0.29) is 0 Å². The first-order valence-electron chi connectivity index (χ1n) is 13.1. The second kappa shape index (κ2) is 8.60. The molecular formula is C35H34Zr. The molecule has 0 aromatic heterocycles. The van der Waals surface area contributed by atoms with Crippen LogP contribution in [-0.4, -0.2) is 3.21 Å². The molecule has 2 aliphatic carbocycles. The van der Waals surface area contributed by atoms with Gasteiger partial charge in [-0.05, 0) is 0 Å². The molecule has 0 aliphatic heterocycles. The maximum atomic E-state index is 2.70. The molecule has 0 radical (unpaired) electrons. The Morgan fingerprint density at radius 2 is 1.19 bits per heavy atom. The molecule has 0 unspecified atom stereocenters. The van der Waals surface area contributed by atoms with Gasteiger partial charge in [-0.25, -0.2) is 0 Å². The summed E-state index contributed by atoms with van der Waals surface area (Å²) in [6.07, 6.45) is 4.68. The summed E-state index contributed by atoms with van der Waals surface area (Å²) < 4.78 is 10.3. The topological polar surface area (TPSA) is 0 Å². The summed E-state index contributed by atoms with van der Waals surface area (Å²) >= 11 is -4.14. The Morgan fingerprint density at radius 3 is 1.81 bits per heavy atom. The van der Waals surface area contributed by atoms with Gasteiger partial charge in [0.2, 0.25) is 0 Å². The van der Waals surface area contributed by atoms with Crippen LogP contribution in [0.1, 0.15) is 42.5 Å². The summed E-state index contributed by atoms with van der Waals surface area (Å²) in [5.74, 6) is 0. The number of hydrogen-bond acceptors (Lipinski definition) is 0. The third-order valence-electron chi connectivity index (χ3n) is 9.02. The van der Waals surface area contributed by atoms with E-state index in [1.165, 1.54) is 39.0 Å². The Morgan fingerprint density at radius 1 is 0.611 bits per heavy atom. The van der Waals surface area contributed by atoms with Gasteiger partial charge in [0, 0.05) is 0 Å². The van der Waals surface area contributed by atoms with E-state index in [9.17, 15) is 0 Å². The van der Waals surface area contributed by atoms with Crippen molar-refractivity contribution in [3.63, 3.8) is 0 Å². The minimum atomic E-state index is -4.14. The average molecular weight is 546 g/mol. The molecule has 4 aromatic rings. The van der Waals surface area contributed by atoms with E-state index in [1.54, 1.807) is 15.3 Å². The summed E-state index contributed by atoms with van der Waals surface area (Å²) in [5, 5.41) is 0. The van der Waals surface area contributed by atoms with Gasteiger partial charge in [0.1, 0.15) is 0 Å². The average Bonchev–Trinajstić information content (AvgIpc) is 3.45. The van der Waals surface area contributed by atoms with Gasteiger partial charge < -0.3 is 0 Å². The fourth-order valence-corrected chi connectivity index (χ4v) is 22.1. The van der Waals surface area contributed by atoms with Gasteiger partial charge >= 0.3 is 218 Å². The molecule has 4 aromatic carbocycles. The standard InChI is InChI=1S/C13H9.C13H10.C7H9.2CH3.Zr/c1-3-7-12-10(5-1)9-11-6-2-4-8-13(11)12;1-3-7-12(8-4-1)11-13-9-5-2-6-10-13;1-6-4-3-5-7(6)2;;;/h1-5,7-8H,9H2;1-10H;4H,5H2,1-2H3;2*1H3;. The van der Waals surface area contributed by atoms with E-state index < -0.39 is 18.3 Å². The van der Waals surface area contributed by atoms with Crippen molar-refractivity contribution in [1.29, 1.82) is 0 Å². The van der Waals surface area contributed by atoms with Crippen molar-refractivity contribution in [1.82, 2.24) is 0 Å². The molecule has 36 heavy (non-hydrogen) atoms. The Kier molecular flexibility index (Phi) is 5.62. The summed E-state index contributed by atoms with van der Waals surface area (Å²) in [6, 6.07) is 38.6. The summed E-state index contributed by atoms with van der Waals surface area (Å²) in [7, 11) is 0. The second-order valence-electron chi connectivity index (χ2n) is 11.5. The fourth-order valence-electron chi connectivity index (χ4n) is 6.91. The molecule has 2 aliphatic rings. The third-order valence-corrected chi connectivity index (χ3v) is 24.8. The number of fused-ring (bicyclic) bond motifs is 3. The zero-order valence-electron chi connectivity index (χ0n) is 21.8. The van der Waals surface area contributed by atoms with E-state index in [0.29, 0.717) is 0 Å². The molecule has 0 heterocycles. The predicted molar refractivity (Wildman–Crippen MR) is 153 cm³/mol. The van der Waals surface area contributed by atoms with Crippen LogP contribution in [0.5, 0.6) is 0 Å². The number of allylic oxidation sites excluding steroid dienone is 4. The third kappa shape index (κ3) is 3.47. The van der Waals surface area contributed by atoms with Crippen LogP contribution in [0.2, 0.25) is 9.26 Å². The van der Waals surface area contributed by atoms with Crippen molar-refractivity contribution in [2.75, 3.05) is 0 Å². The first-order valence-corrected chi connectivity index (χ1v) is 21.7. The van der Waals surface area contributed by atoms with Gasteiger partial charge in [-0.15, -0.1) is 0 Å². The molecule has 0 N–H and O–H groups in total. The van der Waals surface area contributed by atoms with Crippen LogP contribution in [0.15, 0.2) is 124 Å². The number of benzene rings is 4. The molecule has 0 saturated carbocycles. The number of hydrogen-bond donors (Lipinski definition) is 0. The van der Waals surface area contributed by atoms with Crippen molar-refractivity contribution >= 4 is 6.48 Å². The van der Waals surface area contributed by atoms with E-state index in [2.05, 4.69) is 132 Å². The monoisotopic (exact) mass is 544 g/mol. The van der Waals surface area contributed by atoms with Crippen molar-refractivity contribution in [2.24, 2.45) is 0 Å². The fraction of sp³-hybridized carbons (Fsp3) is 0.171. The van der Waals surface area contributed by atoms with E-state index in [4.69, 9.17) is 0 Å². The quantitative estimate of drug-likeness (QED) is 0.212. The summed E-state index contributed by atoms with van der Waals surface area (Å²) in [5.41, 5.74) is 11.6. The van der Waals surface area contributed by atoms with E-state index in [0.717, 1.165) is 12.8 Å².